The maximum atomic E-state index is 12.4. The van der Waals surface area contributed by atoms with Gasteiger partial charge in [-0.05, 0) is 30.2 Å². The minimum Gasteiger partial charge on any atom is -0.482 e. The van der Waals surface area contributed by atoms with Crippen LogP contribution < -0.4 is 10.1 Å². The van der Waals surface area contributed by atoms with Crippen molar-refractivity contribution in [1.82, 2.24) is 19.9 Å². The molecule has 132 valence electrons. The van der Waals surface area contributed by atoms with Gasteiger partial charge in [-0.3, -0.25) is 9.20 Å². The summed E-state index contributed by atoms with van der Waals surface area (Å²) in [5.41, 5.74) is 1.12. The lowest BCUT2D eigenvalue weighted by atomic mass is 10.0. The van der Waals surface area contributed by atoms with Crippen LogP contribution in [0.3, 0.4) is 0 Å². The molecule has 0 radical (unpaired) electrons. The summed E-state index contributed by atoms with van der Waals surface area (Å²) in [6.45, 7) is 3.82. The standard InChI is InChI=1S/C19H19N5O2/c1-13(2)18(19-23-22-16-9-5-6-10-24(16)19)21-17(25)12-26-15-8-4-3-7-14(15)11-20/h3-10,13,18H,12H2,1-2H3,(H,21,25)/t18-/m0/s1. The number of pyridine rings is 1. The molecule has 1 amide bonds. The molecule has 0 aliphatic rings. The van der Waals surface area contributed by atoms with E-state index in [-0.39, 0.29) is 24.5 Å². The number of para-hydroxylation sites is 1. The Labute approximate surface area is 151 Å². The molecular formula is C19H19N5O2. The average Bonchev–Trinajstić information content (AvgIpc) is 3.08. The van der Waals surface area contributed by atoms with Crippen LogP contribution in [0, 0.1) is 17.2 Å². The Morgan fingerprint density at radius 3 is 2.77 bits per heavy atom. The molecule has 0 bridgehead atoms. The molecule has 7 nitrogen and oxygen atoms in total. The first kappa shape index (κ1) is 17.4. The van der Waals surface area contributed by atoms with Crippen LogP contribution in [0.5, 0.6) is 5.75 Å². The smallest absolute Gasteiger partial charge is 0.258 e. The summed E-state index contributed by atoms with van der Waals surface area (Å²) in [5, 5.41) is 20.4. The second kappa shape index (κ2) is 7.66. The highest BCUT2D eigenvalue weighted by Gasteiger charge is 2.23. The molecule has 0 saturated heterocycles. The number of carbonyl (C=O) groups is 1. The Morgan fingerprint density at radius 1 is 1.23 bits per heavy atom. The van der Waals surface area contributed by atoms with E-state index >= 15 is 0 Å². The Kier molecular flexibility index (Phi) is 5.13. The first-order valence-electron chi connectivity index (χ1n) is 8.31. The van der Waals surface area contributed by atoms with Crippen LogP contribution >= 0.6 is 0 Å². The number of rotatable bonds is 6. The highest BCUT2D eigenvalue weighted by atomic mass is 16.5. The largest absolute Gasteiger partial charge is 0.482 e. The van der Waals surface area contributed by atoms with Crippen molar-refractivity contribution >= 4 is 11.6 Å². The summed E-state index contributed by atoms with van der Waals surface area (Å²) in [6, 6.07) is 14.2. The second-order valence-electron chi connectivity index (χ2n) is 6.17. The molecule has 2 heterocycles. The molecule has 26 heavy (non-hydrogen) atoms. The van der Waals surface area contributed by atoms with E-state index < -0.39 is 0 Å². The minimum atomic E-state index is -0.310. The number of ether oxygens (including phenoxy) is 1. The van der Waals surface area contributed by atoms with Gasteiger partial charge in [0.1, 0.15) is 11.8 Å². The van der Waals surface area contributed by atoms with E-state index in [1.165, 1.54) is 0 Å². The van der Waals surface area contributed by atoms with Crippen molar-refractivity contribution < 1.29 is 9.53 Å². The van der Waals surface area contributed by atoms with E-state index in [2.05, 4.69) is 15.5 Å². The lowest BCUT2D eigenvalue weighted by molar-refractivity contribution is -0.124. The average molecular weight is 349 g/mol. The third-order valence-corrected chi connectivity index (χ3v) is 3.97. The molecule has 0 saturated carbocycles. The van der Waals surface area contributed by atoms with Gasteiger partial charge in [0.15, 0.2) is 18.1 Å². The summed E-state index contributed by atoms with van der Waals surface area (Å²) in [4.78, 5) is 12.4. The summed E-state index contributed by atoms with van der Waals surface area (Å²) in [6.07, 6.45) is 1.87. The van der Waals surface area contributed by atoms with Gasteiger partial charge in [0.05, 0.1) is 11.6 Å². The van der Waals surface area contributed by atoms with Crippen molar-refractivity contribution in [3.8, 4) is 11.8 Å². The van der Waals surface area contributed by atoms with Gasteiger partial charge in [-0.25, -0.2) is 0 Å². The zero-order valence-electron chi connectivity index (χ0n) is 14.6. The quantitative estimate of drug-likeness (QED) is 0.738. The molecule has 7 heteroatoms. The predicted octanol–water partition coefficient (Wildman–Crippen LogP) is 2.49. The van der Waals surface area contributed by atoms with Crippen molar-refractivity contribution in [2.45, 2.75) is 19.9 Å². The van der Waals surface area contributed by atoms with Crippen molar-refractivity contribution in [1.29, 1.82) is 5.26 Å². The number of aromatic nitrogens is 3. The molecular weight excluding hydrogens is 330 g/mol. The van der Waals surface area contributed by atoms with Gasteiger partial charge in [-0.2, -0.15) is 5.26 Å². The van der Waals surface area contributed by atoms with Crippen LogP contribution in [0.2, 0.25) is 0 Å². The molecule has 3 rings (SSSR count). The number of hydrogen-bond acceptors (Lipinski definition) is 5. The number of benzene rings is 1. The van der Waals surface area contributed by atoms with Gasteiger partial charge in [-0.15, -0.1) is 10.2 Å². The first-order chi connectivity index (χ1) is 12.6. The van der Waals surface area contributed by atoms with Crippen molar-refractivity contribution in [2.24, 2.45) is 5.92 Å². The Hall–Kier alpha value is -3.40. The molecule has 1 N–H and O–H groups in total. The van der Waals surface area contributed by atoms with Gasteiger partial charge in [0, 0.05) is 6.20 Å². The fraction of sp³-hybridized carbons (Fsp3) is 0.263. The fourth-order valence-electron chi connectivity index (χ4n) is 2.64. The van der Waals surface area contributed by atoms with Gasteiger partial charge >= 0.3 is 0 Å². The molecule has 0 aliphatic heterocycles. The van der Waals surface area contributed by atoms with E-state index in [0.29, 0.717) is 17.1 Å². The molecule has 0 fully saturated rings. The van der Waals surface area contributed by atoms with Gasteiger partial charge < -0.3 is 10.1 Å². The summed E-state index contributed by atoms with van der Waals surface area (Å²) in [7, 11) is 0. The van der Waals surface area contributed by atoms with E-state index in [4.69, 9.17) is 10.00 Å². The Bertz CT molecular complexity index is 958. The van der Waals surface area contributed by atoms with Crippen LogP contribution in [0.25, 0.3) is 5.65 Å². The zero-order chi connectivity index (χ0) is 18.5. The molecule has 0 aliphatic carbocycles. The van der Waals surface area contributed by atoms with Crippen molar-refractivity contribution in [3.63, 3.8) is 0 Å². The van der Waals surface area contributed by atoms with Crippen LogP contribution in [-0.4, -0.2) is 27.1 Å². The summed E-state index contributed by atoms with van der Waals surface area (Å²) < 4.78 is 7.36. The lowest BCUT2D eigenvalue weighted by Crippen LogP contribution is -2.36. The third-order valence-electron chi connectivity index (χ3n) is 3.97. The molecule has 1 aromatic carbocycles. The van der Waals surface area contributed by atoms with E-state index in [0.717, 1.165) is 5.65 Å². The highest BCUT2D eigenvalue weighted by Crippen LogP contribution is 2.21. The van der Waals surface area contributed by atoms with Crippen LogP contribution in [0.1, 0.15) is 31.3 Å². The van der Waals surface area contributed by atoms with E-state index in [1.54, 1.807) is 24.3 Å². The maximum absolute atomic E-state index is 12.4. The molecule has 0 unspecified atom stereocenters. The fourth-order valence-corrected chi connectivity index (χ4v) is 2.64. The number of hydrogen-bond donors (Lipinski definition) is 1. The van der Waals surface area contributed by atoms with Gasteiger partial charge in [0.2, 0.25) is 0 Å². The molecule has 1 atom stereocenters. The number of nitrogens with zero attached hydrogens (tertiary/aromatic N) is 4. The topological polar surface area (TPSA) is 92.3 Å². The van der Waals surface area contributed by atoms with Crippen LogP contribution in [0.4, 0.5) is 0 Å². The SMILES string of the molecule is CC(C)[C@H](NC(=O)COc1ccccc1C#N)c1nnc2ccccn12. The molecule has 2 aromatic heterocycles. The van der Waals surface area contributed by atoms with Crippen molar-refractivity contribution in [3.05, 3.63) is 60.0 Å². The van der Waals surface area contributed by atoms with Crippen molar-refractivity contribution in [2.75, 3.05) is 6.61 Å². The number of fused-ring (bicyclic) bond motifs is 1. The molecule has 3 aromatic rings. The minimum absolute atomic E-state index is 0.109. The Morgan fingerprint density at radius 2 is 2.00 bits per heavy atom. The molecule has 0 spiro atoms. The zero-order valence-corrected chi connectivity index (χ0v) is 14.6. The van der Waals surface area contributed by atoms with Crippen LogP contribution in [-0.2, 0) is 4.79 Å². The normalized spacial score (nSPS) is 11.9. The van der Waals surface area contributed by atoms with Crippen LogP contribution in [0.15, 0.2) is 48.7 Å². The van der Waals surface area contributed by atoms with Gasteiger partial charge in [0.25, 0.3) is 5.91 Å². The summed E-state index contributed by atoms with van der Waals surface area (Å²) >= 11 is 0. The maximum Gasteiger partial charge on any atom is 0.258 e. The van der Waals surface area contributed by atoms with E-state index in [9.17, 15) is 4.79 Å². The summed E-state index contributed by atoms with van der Waals surface area (Å²) in [5.74, 6) is 0.877. The Balaban J connectivity index is 1.72. The number of nitrogens with one attached hydrogen (secondary N) is 1. The van der Waals surface area contributed by atoms with Gasteiger partial charge in [-0.1, -0.05) is 32.0 Å². The lowest BCUT2D eigenvalue weighted by Gasteiger charge is -2.21. The highest BCUT2D eigenvalue weighted by molar-refractivity contribution is 5.78. The van der Waals surface area contributed by atoms with E-state index in [1.807, 2.05) is 48.7 Å². The second-order valence-corrected chi connectivity index (χ2v) is 6.17. The third kappa shape index (κ3) is 3.64. The number of carbonyl (C=O) groups excluding carboxylic acids is 1. The number of nitriles is 1. The monoisotopic (exact) mass is 349 g/mol. The predicted molar refractivity (Wildman–Crippen MR) is 95.4 cm³/mol. The number of amides is 1. The first-order valence-corrected chi connectivity index (χ1v) is 8.31.